The molecule has 0 saturated carbocycles. The fourth-order valence-electron chi connectivity index (χ4n) is 0.0802. The van der Waals surface area contributed by atoms with Crippen molar-refractivity contribution >= 4 is 16.8 Å². The molecular formula is C4H3ClF2O. The first-order valence-electron chi connectivity index (χ1n) is 1.72. The van der Waals surface area contributed by atoms with Gasteiger partial charge in [0.25, 0.3) is 5.24 Å². The maximum Gasteiger partial charge on any atom is 0.338 e. The molecule has 0 unspecified atom stereocenters. The molecule has 0 fully saturated rings. The SMILES string of the molecule is C=CC(F)(F)C(=O)Cl. The largest absolute Gasteiger partial charge is 0.338 e. The van der Waals surface area contributed by atoms with Crippen molar-refractivity contribution in [2.75, 3.05) is 0 Å². The lowest BCUT2D eigenvalue weighted by molar-refractivity contribution is -0.128. The Kier molecular flexibility index (Phi) is 2.10. The summed E-state index contributed by atoms with van der Waals surface area (Å²) in [7, 11) is 0. The number of hydrogen-bond donors (Lipinski definition) is 0. The summed E-state index contributed by atoms with van der Waals surface area (Å²) in [5.74, 6) is -3.57. The molecule has 0 rings (SSSR count). The van der Waals surface area contributed by atoms with Crippen molar-refractivity contribution in [2.45, 2.75) is 5.92 Å². The average molecular weight is 141 g/mol. The lowest BCUT2D eigenvalue weighted by Crippen LogP contribution is -2.19. The van der Waals surface area contributed by atoms with Crippen LogP contribution < -0.4 is 0 Å². The zero-order chi connectivity index (χ0) is 6.78. The molecule has 0 aliphatic heterocycles. The van der Waals surface area contributed by atoms with Crippen molar-refractivity contribution in [3.8, 4) is 0 Å². The van der Waals surface area contributed by atoms with Crippen molar-refractivity contribution < 1.29 is 13.6 Å². The molecule has 8 heavy (non-hydrogen) atoms. The summed E-state index contributed by atoms with van der Waals surface area (Å²) in [6.45, 7) is 2.70. The molecule has 0 spiro atoms. The molecule has 1 nitrogen and oxygen atoms in total. The highest BCUT2D eigenvalue weighted by atomic mass is 35.5. The van der Waals surface area contributed by atoms with Gasteiger partial charge in [-0.1, -0.05) is 6.58 Å². The predicted octanol–water partition coefficient (Wildman–Crippen LogP) is 1.57. The normalized spacial score (nSPS) is 10.9. The van der Waals surface area contributed by atoms with Gasteiger partial charge in [-0.2, -0.15) is 8.78 Å². The molecule has 0 bridgehead atoms. The summed E-state index contributed by atoms with van der Waals surface area (Å²) in [5, 5.41) is -1.70. The van der Waals surface area contributed by atoms with E-state index in [1.807, 2.05) is 0 Å². The summed E-state index contributed by atoms with van der Waals surface area (Å²) in [4.78, 5) is 9.64. The van der Waals surface area contributed by atoms with Crippen LogP contribution in [0.1, 0.15) is 0 Å². The van der Waals surface area contributed by atoms with Gasteiger partial charge in [0, 0.05) is 0 Å². The number of alkyl halides is 2. The van der Waals surface area contributed by atoms with Gasteiger partial charge < -0.3 is 0 Å². The molecule has 0 radical (unpaired) electrons. The van der Waals surface area contributed by atoms with E-state index in [0.29, 0.717) is 0 Å². The first kappa shape index (κ1) is 7.56. The van der Waals surface area contributed by atoms with Crippen molar-refractivity contribution in [3.63, 3.8) is 0 Å². The molecule has 0 aromatic carbocycles. The Morgan fingerprint density at radius 1 is 1.75 bits per heavy atom. The Morgan fingerprint density at radius 3 is 2.12 bits per heavy atom. The van der Waals surface area contributed by atoms with Gasteiger partial charge in [0.05, 0.1) is 0 Å². The molecular weight excluding hydrogens is 137 g/mol. The maximum atomic E-state index is 11.7. The molecule has 0 aromatic heterocycles. The Balaban J connectivity index is 4.12. The third-order valence-electron chi connectivity index (χ3n) is 0.518. The average Bonchev–Trinajstić information content (AvgIpc) is 1.67. The summed E-state index contributed by atoms with van der Waals surface area (Å²) < 4.78 is 23.4. The number of rotatable bonds is 2. The first-order valence-corrected chi connectivity index (χ1v) is 2.10. The Morgan fingerprint density at radius 2 is 2.12 bits per heavy atom. The summed E-state index contributed by atoms with van der Waals surface area (Å²) in [6, 6.07) is 0. The van der Waals surface area contributed by atoms with Gasteiger partial charge in [-0.3, -0.25) is 4.79 Å². The quantitative estimate of drug-likeness (QED) is 0.420. The monoisotopic (exact) mass is 140 g/mol. The van der Waals surface area contributed by atoms with E-state index in [2.05, 4.69) is 18.2 Å². The predicted molar refractivity (Wildman–Crippen MR) is 26.0 cm³/mol. The third kappa shape index (κ3) is 1.58. The number of allylic oxidation sites excluding steroid dienone is 1. The van der Waals surface area contributed by atoms with Crippen LogP contribution in [-0.4, -0.2) is 11.2 Å². The van der Waals surface area contributed by atoms with Crippen LogP contribution in [0.25, 0.3) is 0 Å². The third-order valence-corrected chi connectivity index (χ3v) is 0.770. The molecule has 0 saturated heterocycles. The minimum atomic E-state index is -3.57. The van der Waals surface area contributed by atoms with E-state index in [1.54, 1.807) is 0 Å². The van der Waals surface area contributed by atoms with Gasteiger partial charge in [0.2, 0.25) is 0 Å². The zero-order valence-electron chi connectivity index (χ0n) is 3.83. The van der Waals surface area contributed by atoms with Crippen LogP contribution in [0.15, 0.2) is 12.7 Å². The van der Waals surface area contributed by atoms with Crippen LogP contribution in [0.2, 0.25) is 0 Å². The molecule has 0 aliphatic carbocycles. The Labute approximate surface area is 49.9 Å². The van der Waals surface area contributed by atoms with E-state index in [4.69, 9.17) is 0 Å². The lowest BCUT2D eigenvalue weighted by atomic mass is 10.4. The zero-order valence-corrected chi connectivity index (χ0v) is 4.58. The fourth-order valence-corrected chi connectivity index (χ4v) is 0.157. The number of hydrogen-bond acceptors (Lipinski definition) is 1. The van der Waals surface area contributed by atoms with Crippen molar-refractivity contribution in [3.05, 3.63) is 12.7 Å². The number of halogens is 3. The minimum Gasteiger partial charge on any atom is -0.274 e. The van der Waals surface area contributed by atoms with Crippen LogP contribution in [0.4, 0.5) is 8.78 Å². The molecule has 0 atom stereocenters. The number of carbonyl (C=O) groups excluding carboxylic acids is 1. The van der Waals surface area contributed by atoms with E-state index < -0.39 is 11.2 Å². The fraction of sp³-hybridized carbons (Fsp3) is 0.250. The Bertz CT molecular complexity index is 121. The van der Waals surface area contributed by atoms with E-state index in [1.165, 1.54) is 0 Å². The minimum absolute atomic E-state index is 0.197. The standard InChI is InChI=1S/C4H3ClF2O/c1-2-4(6,7)3(5)8/h2H,1H2. The van der Waals surface area contributed by atoms with E-state index in [0.717, 1.165) is 0 Å². The van der Waals surface area contributed by atoms with Gasteiger partial charge >= 0.3 is 5.92 Å². The summed E-state index contributed by atoms with van der Waals surface area (Å²) in [5.41, 5.74) is 0. The van der Waals surface area contributed by atoms with Gasteiger partial charge in [0.1, 0.15) is 0 Å². The highest BCUT2D eigenvalue weighted by molar-refractivity contribution is 6.65. The molecule has 0 amide bonds. The van der Waals surface area contributed by atoms with Crippen molar-refractivity contribution in [1.29, 1.82) is 0 Å². The smallest absolute Gasteiger partial charge is 0.274 e. The molecule has 46 valence electrons. The second-order valence-electron chi connectivity index (χ2n) is 1.10. The molecule has 4 heteroatoms. The highest BCUT2D eigenvalue weighted by Gasteiger charge is 2.32. The van der Waals surface area contributed by atoms with Crippen LogP contribution in [0.5, 0.6) is 0 Å². The summed E-state index contributed by atoms with van der Waals surface area (Å²) >= 11 is 4.41. The molecule has 0 aliphatic rings. The summed E-state index contributed by atoms with van der Waals surface area (Å²) in [6.07, 6.45) is 0.197. The lowest BCUT2D eigenvalue weighted by Gasteiger charge is -2.01. The van der Waals surface area contributed by atoms with Crippen LogP contribution in [-0.2, 0) is 4.79 Å². The van der Waals surface area contributed by atoms with E-state index in [-0.39, 0.29) is 6.08 Å². The first-order chi connectivity index (χ1) is 3.50. The van der Waals surface area contributed by atoms with Gasteiger partial charge in [-0.25, -0.2) is 0 Å². The van der Waals surface area contributed by atoms with Gasteiger partial charge in [0.15, 0.2) is 0 Å². The van der Waals surface area contributed by atoms with Gasteiger partial charge in [-0.05, 0) is 17.7 Å². The van der Waals surface area contributed by atoms with Crippen LogP contribution in [0, 0.1) is 0 Å². The molecule has 0 N–H and O–H groups in total. The number of carbonyl (C=O) groups is 1. The topological polar surface area (TPSA) is 17.1 Å². The molecule has 0 heterocycles. The second kappa shape index (κ2) is 2.22. The van der Waals surface area contributed by atoms with E-state index in [9.17, 15) is 13.6 Å². The van der Waals surface area contributed by atoms with Crippen molar-refractivity contribution in [1.82, 2.24) is 0 Å². The molecule has 0 aromatic rings. The Hall–Kier alpha value is -0.440. The van der Waals surface area contributed by atoms with Crippen LogP contribution >= 0.6 is 11.6 Å². The highest BCUT2D eigenvalue weighted by Crippen LogP contribution is 2.16. The van der Waals surface area contributed by atoms with Gasteiger partial charge in [-0.15, -0.1) is 0 Å². The van der Waals surface area contributed by atoms with Crippen molar-refractivity contribution in [2.24, 2.45) is 0 Å². The van der Waals surface area contributed by atoms with E-state index >= 15 is 0 Å². The van der Waals surface area contributed by atoms with Crippen LogP contribution in [0.3, 0.4) is 0 Å². The maximum absolute atomic E-state index is 11.7. The second-order valence-corrected chi connectivity index (χ2v) is 1.44.